The molecule has 1 unspecified atom stereocenters. The zero-order chi connectivity index (χ0) is 12.0. The van der Waals surface area contributed by atoms with Crippen LogP contribution in [-0.4, -0.2) is 24.0 Å². The molecule has 0 spiro atoms. The zero-order valence-corrected chi connectivity index (χ0v) is 10.8. The summed E-state index contributed by atoms with van der Waals surface area (Å²) in [4.78, 5) is 4.32. The second kappa shape index (κ2) is 6.59. The van der Waals surface area contributed by atoms with Gasteiger partial charge in [-0.15, -0.1) is 11.6 Å². The maximum Gasteiger partial charge on any atom is 0.214 e. The predicted molar refractivity (Wildman–Crippen MR) is 68.4 cm³/mol. The van der Waals surface area contributed by atoms with Crippen molar-refractivity contribution in [2.75, 3.05) is 18.3 Å². The van der Waals surface area contributed by atoms with Crippen molar-refractivity contribution in [3.8, 4) is 5.88 Å². The highest BCUT2D eigenvalue weighted by Gasteiger charge is 2.13. The number of anilines is 1. The van der Waals surface area contributed by atoms with Crippen LogP contribution in [0, 0.1) is 5.92 Å². The molecular weight excluding hydrogens is 224 g/mol. The van der Waals surface area contributed by atoms with Crippen molar-refractivity contribution in [2.45, 2.75) is 26.3 Å². The van der Waals surface area contributed by atoms with Gasteiger partial charge in [0.05, 0.1) is 7.11 Å². The molecule has 1 heterocycles. The highest BCUT2D eigenvalue weighted by atomic mass is 35.5. The second-order valence-corrected chi connectivity index (χ2v) is 4.42. The Bertz CT molecular complexity index is 318. The summed E-state index contributed by atoms with van der Waals surface area (Å²) < 4.78 is 5.08. The predicted octanol–water partition coefficient (Wildman–Crippen LogP) is 3.16. The zero-order valence-electron chi connectivity index (χ0n) is 10.0. The third kappa shape index (κ3) is 3.89. The lowest BCUT2D eigenvalue weighted by Crippen LogP contribution is -2.26. The fraction of sp³-hybridized carbons (Fsp3) is 0.583. The van der Waals surface area contributed by atoms with Crippen LogP contribution in [0.15, 0.2) is 18.2 Å². The van der Waals surface area contributed by atoms with E-state index in [9.17, 15) is 0 Å². The van der Waals surface area contributed by atoms with Crippen LogP contribution in [0.5, 0.6) is 5.88 Å². The van der Waals surface area contributed by atoms with Gasteiger partial charge in [0, 0.05) is 18.0 Å². The maximum atomic E-state index is 5.78. The van der Waals surface area contributed by atoms with Crippen LogP contribution in [0.1, 0.15) is 20.3 Å². The molecule has 4 heteroatoms. The van der Waals surface area contributed by atoms with E-state index in [1.165, 1.54) is 0 Å². The molecule has 0 amide bonds. The van der Waals surface area contributed by atoms with Crippen molar-refractivity contribution in [3.63, 3.8) is 0 Å². The number of methoxy groups -OCH3 is 1. The van der Waals surface area contributed by atoms with Crippen LogP contribution in [0.3, 0.4) is 0 Å². The van der Waals surface area contributed by atoms with Crippen molar-refractivity contribution in [2.24, 2.45) is 5.92 Å². The Balaban J connectivity index is 2.68. The Kier molecular flexibility index (Phi) is 5.39. The van der Waals surface area contributed by atoms with E-state index in [1.807, 2.05) is 18.2 Å². The van der Waals surface area contributed by atoms with E-state index in [4.69, 9.17) is 16.3 Å². The van der Waals surface area contributed by atoms with Gasteiger partial charge in [-0.05, 0) is 18.4 Å². The third-order valence-corrected chi connectivity index (χ3v) is 2.71. The maximum absolute atomic E-state index is 5.78. The number of aromatic nitrogens is 1. The molecule has 1 aromatic heterocycles. The first kappa shape index (κ1) is 13.1. The minimum Gasteiger partial charge on any atom is -0.481 e. The van der Waals surface area contributed by atoms with Gasteiger partial charge in [0.2, 0.25) is 5.88 Å². The molecular formula is C12H19ClN2O. The molecule has 1 N–H and O–H groups in total. The van der Waals surface area contributed by atoms with Crippen molar-refractivity contribution in [3.05, 3.63) is 18.2 Å². The van der Waals surface area contributed by atoms with Crippen molar-refractivity contribution < 1.29 is 4.74 Å². The summed E-state index contributed by atoms with van der Waals surface area (Å²) in [6.07, 6.45) is 0.929. The van der Waals surface area contributed by atoms with Crippen LogP contribution in [0.25, 0.3) is 0 Å². The molecule has 0 radical (unpaired) electrons. The fourth-order valence-electron chi connectivity index (χ4n) is 1.49. The van der Waals surface area contributed by atoms with Gasteiger partial charge in [-0.25, -0.2) is 0 Å². The lowest BCUT2D eigenvalue weighted by atomic mass is 10.0. The van der Waals surface area contributed by atoms with Crippen LogP contribution in [0.4, 0.5) is 5.82 Å². The third-order valence-electron chi connectivity index (χ3n) is 2.49. The number of rotatable bonds is 6. The van der Waals surface area contributed by atoms with E-state index in [-0.39, 0.29) is 0 Å². The molecule has 1 atom stereocenters. The number of halogens is 1. The molecule has 1 rings (SSSR count). The standard InChI is InChI=1S/C12H19ClN2O/c1-9(2)10(7-8-13)14-11-5-4-6-12(15-11)16-3/h4-6,9-10H,7-8H2,1-3H3,(H,14,15). The number of ether oxygens (including phenoxy) is 1. The summed E-state index contributed by atoms with van der Waals surface area (Å²) in [5, 5.41) is 3.38. The second-order valence-electron chi connectivity index (χ2n) is 4.04. The van der Waals surface area contributed by atoms with Crippen LogP contribution in [-0.2, 0) is 0 Å². The summed E-state index contributed by atoms with van der Waals surface area (Å²) >= 11 is 5.78. The van der Waals surface area contributed by atoms with Gasteiger partial charge in [0.1, 0.15) is 5.82 Å². The van der Waals surface area contributed by atoms with E-state index in [0.29, 0.717) is 23.7 Å². The van der Waals surface area contributed by atoms with Gasteiger partial charge in [-0.1, -0.05) is 19.9 Å². The molecule has 0 aliphatic carbocycles. The highest BCUT2D eigenvalue weighted by Crippen LogP contribution is 2.16. The molecule has 0 aliphatic rings. The molecule has 90 valence electrons. The summed E-state index contributed by atoms with van der Waals surface area (Å²) in [6.45, 7) is 4.34. The van der Waals surface area contributed by atoms with Gasteiger partial charge >= 0.3 is 0 Å². The molecule has 1 aromatic rings. The molecule has 16 heavy (non-hydrogen) atoms. The summed E-state index contributed by atoms with van der Waals surface area (Å²) in [5.41, 5.74) is 0. The SMILES string of the molecule is COc1cccc(NC(CCCl)C(C)C)n1. The number of hydrogen-bond donors (Lipinski definition) is 1. The summed E-state index contributed by atoms with van der Waals surface area (Å²) in [6, 6.07) is 6.03. The molecule has 0 fully saturated rings. The average Bonchev–Trinajstić information content (AvgIpc) is 2.28. The van der Waals surface area contributed by atoms with Crippen LogP contribution in [0.2, 0.25) is 0 Å². The van der Waals surface area contributed by atoms with Crippen molar-refractivity contribution in [1.29, 1.82) is 0 Å². The average molecular weight is 243 g/mol. The van der Waals surface area contributed by atoms with Crippen molar-refractivity contribution in [1.82, 2.24) is 4.98 Å². The van der Waals surface area contributed by atoms with Crippen LogP contribution >= 0.6 is 11.6 Å². The first-order valence-corrected chi connectivity index (χ1v) is 6.04. The molecule has 0 saturated heterocycles. The number of nitrogens with zero attached hydrogens (tertiary/aromatic N) is 1. The largest absolute Gasteiger partial charge is 0.481 e. The molecule has 3 nitrogen and oxygen atoms in total. The smallest absolute Gasteiger partial charge is 0.214 e. The Morgan fingerprint density at radius 3 is 2.75 bits per heavy atom. The van der Waals surface area contributed by atoms with E-state index < -0.39 is 0 Å². The van der Waals surface area contributed by atoms with Gasteiger partial charge in [-0.3, -0.25) is 0 Å². The number of hydrogen-bond acceptors (Lipinski definition) is 3. The molecule has 0 saturated carbocycles. The Labute approximate surface area is 102 Å². The Morgan fingerprint density at radius 2 is 2.19 bits per heavy atom. The monoisotopic (exact) mass is 242 g/mol. The van der Waals surface area contributed by atoms with Gasteiger partial charge in [-0.2, -0.15) is 4.98 Å². The normalized spacial score (nSPS) is 12.6. The Hall–Kier alpha value is -0.960. The van der Waals surface area contributed by atoms with Gasteiger partial charge in [0.15, 0.2) is 0 Å². The number of pyridine rings is 1. The first-order chi connectivity index (χ1) is 7.67. The lowest BCUT2D eigenvalue weighted by Gasteiger charge is -2.22. The Morgan fingerprint density at radius 1 is 1.44 bits per heavy atom. The highest BCUT2D eigenvalue weighted by molar-refractivity contribution is 6.17. The molecule has 0 aromatic carbocycles. The minimum absolute atomic E-state index is 0.345. The van der Waals surface area contributed by atoms with E-state index in [1.54, 1.807) is 7.11 Å². The molecule has 0 bridgehead atoms. The number of nitrogens with one attached hydrogen (secondary N) is 1. The summed E-state index contributed by atoms with van der Waals surface area (Å²) in [5.74, 6) is 2.63. The quantitative estimate of drug-likeness (QED) is 0.779. The summed E-state index contributed by atoms with van der Waals surface area (Å²) in [7, 11) is 1.62. The topological polar surface area (TPSA) is 34.1 Å². The first-order valence-electron chi connectivity index (χ1n) is 5.51. The van der Waals surface area contributed by atoms with Gasteiger partial charge in [0.25, 0.3) is 0 Å². The lowest BCUT2D eigenvalue weighted by molar-refractivity contribution is 0.398. The van der Waals surface area contributed by atoms with Gasteiger partial charge < -0.3 is 10.1 Å². The number of alkyl halides is 1. The van der Waals surface area contributed by atoms with Crippen molar-refractivity contribution >= 4 is 17.4 Å². The van der Waals surface area contributed by atoms with Crippen LogP contribution < -0.4 is 10.1 Å². The minimum atomic E-state index is 0.345. The van der Waals surface area contributed by atoms with E-state index in [2.05, 4.69) is 24.1 Å². The molecule has 0 aliphatic heterocycles. The van der Waals surface area contributed by atoms with E-state index >= 15 is 0 Å². The van der Waals surface area contributed by atoms with E-state index in [0.717, 1.165) is 12.2 Å². The fourth-order valence-corrected chi connectivity index (χ4v) is 1.72.